The lowest BCUT2D eigenvalue weighted by molar-refractivity contribution is -0.141. The molecule has 7 N–H and O–H groups in total. The first-order valence-electron chi connectivity index (χ1n) is 10.1. The van der Waals surface area contributed by atoms with Gasteiger partial charge in [-0.3, -0.25) is 19.2 Å². The van der Waals surface area contributed by atoms with Crippen molar-refractivity contribution >= 4 is 23.7 Å². The van der Waals surface area contributed by atoms with E-state index in [2.05, 4.69) is 16.0 Å². The van der Waals surface area contributed by atoms with Crippen molar-refractivity contribution in [3.05, 3.63) is 29.8 Å². The van der Waals surface area contributed by atoms with Gasteiger partial charge in [0, 0.05) is 6.42 Å². The number of carbonyl (C=O) groups excluding carboxylic acids is 3. The second-order valence-corrected chi connectivity index (χ2v) is 7.97. The Bertz CT molecular complexity index is 781. The Morgan fingerprint density at radius 2 is 1.42 bits per heavy atom. The number of nitrogens with one attached hydrogen (secondary N) is 3. The van der Waals surface area contributed by atoms with Crippen LogP contribution in [0.25, 0.3) is 0 Å². The maximum absolute atomic E-state index is 12.6. The maximum Gasteiger partial charge on any atom is 0.325 e. The minimum atomic E-state index is -1.22. The molecule has 4 atom stereocenters. The van der Waals surface area contributed by atoms with Crippen LogP contribution in [0.2, 0.25) is 0 Å². The Morgan fingerprint density at radius 3 is 1.94 bits per heavy atom. The first-order valence-corrected chi connectivity index (χ1v) is 10.1. The minimum absolute atomic E-state index is 0.0438. The molecule has 0 saturated heterocycles. The molecule has 10 nitrogen and oxygen atoms in total. The lowest BCUT2D eigenvalue weighted by Gasteiger charge is -2.23. The van der Waals surface area contributed by atoms with Gasteiger partial charge in [0.2, 0.25) is 17.7 Å². The van der Waals surface area contributed by atoms with E-state index in [4.69, 9.17) is 10.8 Å². The van der Waals surface area contributed by atoms with E-state index in [1.54, 1.807) is 12.1 Å². The largest absolute Gasteiger partial charge is 0.508 e. The van der Waals surface area contributed by atoms with Crippen molar-refractivity contribution in [2.24, 2.45) is 11.7 Å². The summed E-state index contributed by atoms with van der Waals surface area (Å²) in [6, 6.07) is 2.06. The third kappa shape index (κ3) is 9.04. The molecule has 0 aliphatic carbocycles. The van der Waals surface area contributed by atoms with E-state index < -0.39 is 47.9 Å². The number of rotatable bonds is 11. The molecule has 0 aliphatic rings. The molecule has 1 aromatic carbocycles. The average molecular weight is 437 g/mol. The van der Waals surface area contributed by atoms with Crippen molar-refractivity contribution in [1.82, 2.24) is 16.0 Å². The van der Waals surface area contributed by atoms with Crippen LogP contribution in [-0.4, -0.2) is 58.1 Å². The highest BCUT2D eigenvalue weighted by Gasteiger charge is 2.27. The van der Waals surface area contributed by atoms with E-state index in [-0.39, 0.29) is 18.1 Å². The molecule has 1 rings (SSSR count). The van der Waals surface area contributed by atoms with Crippen LogP contribution in [0.5, 0.6) is 5.75 Å². The molecule has 0 radical (unpaired) electrons. The highest BCUT2D eigenvalue weighted by molar-refractivity contribution is 5.94. The van der Waals surface area contributed by atoms with E-state index in [9.17, 15) is 24.3 Å². The molecule has 1 aromatic rings. The second kappa shape index (κ2) is 11.9. The first kappa shape index (κ1) is 25.9. The van der Waals surface area contributed by atoms with Gasteiger partial charge >= 0.3 is 5.97 Å². The van der Waals surface area contributed by atoms with Crippen molar-refractivity contribution in [3.8, 4) is 5.75 Å². The van der Waals surface area contributed by atoms with Crippen LogP contribution < -0.4 is 21.7 Å². The minimum Gasteiger partial charge on any atom is -0.508 e. The van der Waals surface area contributed by atoms with Crippen LogP contribution in [0.3, 0.4) is 0 Å². The fourth-order valence-electron chi connectivity index (χ4n) is 2.75. The molecule has 31 heavy (non-hydrogen) atoms. The third-order valence-electron chi connectivity index (χ3n) is 4.55. The summed E-state index contributed by atoms with van der Waals surface area (Å²) >= 11 is 0. The Labute approximate surface area is 181 Å². The number of phenols is 1. The summed E-state index contributed by atoms with van der Waals surface area (Å²) in [5, 5.41) is 25.8. The summed E-state index contributed by atoms with van der Waals surface area (Å²) < 4.78 is 0. The van der Waals surface area contributed by atoms with E-state index in [0.29, 0.717) is 12.0 Å². The van der Waals surface area contributed by atoms with E-state index >= 15 is 0 Å². The molecule has 0 heterocycles. The molecule has 0 bridgehead atoms. The number of hydrogen-bond acceptors (Lipinski definition) is 6. The monoisotopic (exact) mass is 436 g/mol. The Kier molecular flexibility index (Phi) is 9.94. The first-order chi connectivity index (χ1) is 14.4. The topological polar surface area (TPSA) is 171 Å². The Balaban J connectivity index is 2.87. The van der Waals surface area contributed by atoms with Gasteiger partial charge in [-0.25, -0.2) is 0 Å². The number of benzene rings is 1. The fraction of sp³-hybridized carbons (Fsp3) is 0.524. The summed E-state index contributed by atoms with van der Waals surface area (Å²) in [7, 11) is 0. The molecule has 3 amide bonds. The SMILES string of the molecule is CC(C)CC(N)C(=O)NC(C)C(=O)NC(Cc1ccc(O)cc1)C(=O)NC(C)C(=O)O. The number of carbonyl (C=O) groups is 4. The molecular formula is C21H32N4O6. The number of carboxylic acids is 1. The highest BCUT2D eigenvalue weighted by Crippen LogP contribution is 2.12. The molecule has 4 unspecified atom stereocenters. The molecule has 0 spiro atoms. The smallest absolute Gasteiger partial charge is 0.325 e. The van der Waals surface area contributed by atoms with Gasteiger partial charge in [0.05, 0.1) is 6.04 Å². The normalized spacial score (nSPS) is 14.8. The van der Waals surface area contributed by atoms with Gasteiger partial charge in [0.1, 0.15) is 23.9 Å². The van der Waals surface area contributed by atoms with Crippen molar-refractivity contribution in [1.29, 1.82) is 0 Å². The number of carboxylic acid groups (broad SMARTS) is 1. The van der Waals surface area contributed by atoms with Gasteiger partial charge in [-0.15, -0.1) is 0 Å². The lowest BCUT2D eigenvalue weighted by atomic mass is 10.0. The summed E-state index contributed by atoms with van der Waals surface area (Å²) in [6.45, 7) is 6.62. The number of hydrogen-bond donors (Lipinski definition) is 6. The number of phenolic OH excluding ortho intramolecular Hbond substituents is 1. The molecule has 10 heteroatoms. The number of aliphatic carboxylic acids is 1. The standard InChI is InChI=1S/C21H32N4O6/c1-11(2)9-16(22)19(28)23-12(3)18(27)25-17(20(29)24-13(4)21(30)31)10-14-5-7-15(26)8-6-14/h5-8,11-13,16-17,26H,9-10,22H2,1-4H3,(H,23,28)(H,24,29)(H,25,27)(H,30,31). The van der Waals surface area contributed by atoms with E-state index in [0.717, 1.165) is 0 Å². The van der Waals surface area contributed by atoms with Crippen molar-refractivity contribution in [2.75, 3.05) is 0 Å². The van der Waals surface area contributed by atoms with E-state index in [1.807, 2.05) is 13.8 Å². The van der Waals surface area contributed by atoms with Gasteiger partial charge < -0.3 is 31.9 Å². The van der Waals surface area contributed by atoms with Gasteiger partial charge in [-0.05, 0) is 43.9 Å². The lowest BCUT2D eigenvalue weighted by Crippen LogP contribution is -2.56. The van der Waals surface area contributed by atoms with Gasteiger partial charge in [0.15, 0.2) is 0 Å². The quantitative estimate of drug-likeness (QED) is 0.281. The highest BCUT2D eigenvalue weighted by atomic mass is 16.4. The zero-order valence-corrected chi connectivity index (χ0v) is 18.2. The van der Waals surface area contributed by atoms with Crippen molar-refractivity contribution < 1.29 is 29.4 Å². The Morgan fingerprint density at radius 1 is 0.871 bits per heavy atom. The van der Waals surface area contributed by atoms with Gasteiger partial charge in [-0.1, -0.05) is 26.0 Å². The van der Waals surface area contributed by atoms with Crippen LogP contribution in [-0.2, 0) is 25.6 Å². The predicted molar refractivity (Wildman–Crippen MR) is 114 cm³/mol. The predicted octanol–water partition coefficient (Wildman–Crippen LogP) is -0.113. The summed E-state index contributed by atoms with van der Waals surface area (Å²) in [4.78, 5) is 48.4. The molecule has 0 fully saturated rings. The fourth-order valence-corrected chi connectivity index (χ4v) is 2.75. The van der Waals surface area contributed by atoms with Crippen LogP contribution in [0.4, 0.5) is 0 Å². The second-order valence-electron chi connectivity index (χ2n) is 7.97. The van der Waals surface area contributed by atoms with Gasteiger partial charge in [0.25, 0.3) is 0 Å². The molecular weight excluding hydrogens is 404 g/mol. The number of nitrogens with two attached hydrogens (primary N) is 1. The molecule has 172 valence electrons. The van der Waals surface area contributed by atoms with Crippen molar-refractivity contribution in [2.45, 2.75) is 64.7 Å². The zero-order chi connectivity index (χ0) is 23.7. The summed E-state index contributed by atoms with van der Waals surface area (Å²) in [5.74, 6) is -2.75. The molecule has 0 saturated carbocycles. The average Bonchev–Trinajstić information content (AvgIpc) is 2.68. The van der Waals surface area contributed by atoms with Crippen molar-refractivity contribution in [3.63, 3.8) is 0 Å². The van der Waals surface area contributed by atoms with Crippen LogP contribution in [0.1, 0.15) is 39.7 Å². The van der Waals surface area contributed by atoms with Crippen LogP contribution in [0, 0.1) is 5.92 Å². The Hall–Kier alpha value is -3.14. The zero-order valence-electron chi connectivity index (χ0n) is 18.2. The maximum atomic E-state index is 12.6. The molecule has 0 aromatic heterocycles. The number of amides is 3. The molecule has 0 aliphatic heterocycles. The van der Waals surface area contributed by atoms with Crippen LogP contribution in [0.15, 0.2) is 24.3 Å². The number of aromatic hydroxyl groups is 1. The van der Waals surface area contributed by atoms with Gasteiger partial charge in [-0.2, -0.15) is 0 Å². The summed E-state index contributed by atoms with van der Waals surface area (Å²) in [6.07, 6.45) is 0.511. The summed E-state index contributed by atoms with van der Waals surface area (Å²) in [5.41, 5.74) is 6.47. The third-order valence-corrected chi connectivity index (χ3v) is 4.55. The van der Waals surface area contributed by atoms with Crippen LogP contribution >= 0.6 is 0 Å². The van der Waals surface area contributed by atoms with E-state index in [1.165, 1.54) is 26.0 Å².